The molecule has 0 aromatic carbocycles. The van der Waals surface area contributed by atoms with E-state index in [4.69, 9.17) is 4.74 Å². The van der Waals surface area contributed by atoms with E-state index in [9.17, 15) is 4.79 Å². The van der Waals surface area contributed by atoms with Crippen molar-refractivity contribution < 1.29 is 40.6 Å². The van der Waals surface area contributed by atoms with Gasteiger partial charge in [-0.3, -0.25) is 0 Å². The van der Waals surface area contributed by atoms with E-state index in [1.807, 2.05) is 6.41 Å². The second kappa shape index (κ2) is 8.52. The maximum Gasteiger partial charge on any atom is 2.00 e. The van der Waals surface area contributed by atoms with Gasteiger partial charge in [-0.2, -0.15) is 27.2 Å². The van der Waals surface area contributed by atoms with Crippen LogP contribution in [0.4, 0.5) is 0 Å². The molecule has 2 bridgehead atoms. The van der Waals surface area contributed by atoms with E-state index < -0.39 is 0 Å². The minimum atomic E-state index is 0. The molecule has 0 aromatic heterocycles. The molecule has 1 N–H and O–H groups in total. The summed E-state index contributed by atoms with van der Waals surface area (Å²) >= 11 is 0. The first-order valence-electron chi connectivity index (χ1n) is 5.37. The first kappa shape index (κ1) is 16.4. The van der Waals surface area contributed by atoms with Gasteiger partial charge in [0.15, 0.2) is 0 Å². The molecule has 2 aliphatic heterocycles. The average Bonchev–Trinajstić information content (AvgIpc) is 2.16. The van der Waals surface area contributed by atoms with E-state index in [0.717, 1.165) is 13.1 Å². The van der Waals surface area contributed by atoms with Crippen molar-refractivity contribution in [2.24, 2.45) is 0 Å². The molecule has 0 aromatic rings. The monoisotopic (exact) mass is 450 g/mol. The van der Waals surface area contributed by atoms with Gasteiger partial charge in [-0.1, -0.05) is 0 Å². The topological polar surface area (TPSA) is 41.6 Å². The SMILES string of the molecule is C[C-](C)C.O=[C-]N1CC2CNCC(C1)O2.[U+2]. The van der Waals surface area contributed by atoms with Gasteiger partial charge in [-0.15, -0.1) is 0 Å². The van der Waals surface area contributed by atoms with Crippen molar-refractivity contribution in [3.8, 4) is 0 Å². The number of hydrogen-bond acceptors (Lipinski definition) is 3. The van der Waals surface area contributed by atoms with Crippen molar-refractivity contribution in [3.05, 3.63) is 5.92 Å². The van der Waals surface area contributed by atoms with Gasteiger partial charge in [0.25, 0.3) is 0 Å². The summed E-state index contributed by atoms with van der Waals surface area (Å²) < 4.78 is 5.57. The number of amides is 1. The molecule has 2 atom stereocenters. The average molecular weight is 450 g/mol. The predicted molar refractivity (Wildman–Crippen MR) is 59.1 cm³/mol. The number of morpholine rings is 2. The van der Waals surface area contributed by atoms with E-state index in [-0.39, 0.29) is 43.3 Å². The third kappa shape index (κ3) is 6.24. The van der Waals surface area contributed by atoms with Crippen molar-refractivity contribution in [1.29, 1.82) is 0 Å². The van der Waals surface area contributed by atoms with Gasteiger partial charge in [0, 0.05) is 26.2 Å². The second-order valence-electron chi connectivity index (χ2n) is 4.53. The van der Waals surface area contributed by atoms with Crippen molar-refractivity contribution >= 4 is 6.41 Å². The summed E-state index contributed by atoms with van der Waals surface area (Å²) in [5.74, 6) is 1.42. The van der Waals surface area contributed by atoms with Crippen molar-refractivity contribution in [2.45, 2.75) is 33.0 Å². The Morgan fingerprint density at radius 1 is 1.25 bits per heavy atom. The van der Waals surface area contributed by atoms with Crippen LogP contribution in [0, 0.1) is 37.0 Å². The molecule has 5 heteroatoms. The molecule has 4 nitrogen and oxygen atoms in total. The maximum atomic E-state index is 10.3. The number of rotatable bonds is 1. The summed E-state index contributed by atoms with van der Waals surface area (Å²) in [6.45, 7) is 9.34. The Bertz CT molecular complexity index is 188. The first-order valence-corrected chi connectivity index (χ1v) is 5.37. The number of hydrogen-bond donors (Lipinski definition) is 1. The van der Waals surface area contributed by atoms with Crippen LogP contribution in [0.2, 0.25) is 0 Å². The predicted octanol–water partition coefficient (Wildman–Crippen LogP) is 0.347. The Labute approximate surface area is 122 Å². The minimum absolute atomic E-state index is 0. The Kier molecular flexibility index (Phi) is 8.76. The minimum Gasteiger partial charge on any atom is -0.520 e. The summed E-state index contributed by atoms with van der Waals surface area (Å²) in [6.07, 6.45) is 2.28. The van der Waals surface area contributed by atoms with Crippen LogP contribution in [-0.4, -0.2) is 49.7 Å². The zero-order valence-corrected chi connectivity index (χ0v) is 14.4. The quantitative estimate of drug-likeness (QED) is 0.587. The van der Waals surface area contributed by atoms with Gasteiger partial charge in [0.2, 0.25) is 0 Å². The molecule has 0 radical (unpaired) electrons. The zero-order valence-electron chi connectivity index (χ0n) is 10.2. The number of carbonyl (C=O) groups excluding carboxylic acids is 1. The number of nitrogens with one attached hydrogen (secondary N) is 1. The van der Waals surface area contributed by atoms with Crippen molar-refractivity contribution in [3.63, 3.8) is 0 Å². The van der Waals surface area contributed by atoms with Crippen molar-refractivity contribution in [2.75, 3.05) is 26.2 Å². The summed E-state index contributed by atoms with van der Waals surface area (Å²) in [4.78, 5) is 12.0. The Hall–Kier alpha value is 0.442. The smallest absolute Gasteiger partial charge is 0.520 e. The molecular formula is C11H20N2O2U. The fourth-order valence-corrected chi connectivity index (χ4v) is 1.63. The third-order valence-electron chi connectivity index (χ3n) is 2.11. The normalized spacial score (nSPS) is 27.6. The Balaban J connectivity index is 0.000000397. The van der Waals surface area contributed by atoms with Gasteiger partial charge in [0.1, 0.15) is 0 Å². The van der Waals surface area contributed by atoms with E-state index in [0.29, 0.717) is 13.1 Å². The molecule has 16 heavy (non-hydrogen) atoms. The molecule has 2 fully saturated rings. The van der Waals surface area contributed by atoms with Crippen LogP contribution in [0.1, 0.15) is 20.8 Å². The van der Waals surface area contributed by atoms with E-state index >= 15 is 0 Å². The summed E-state index contributed by atoms with van der Waals surface area (Å²) in [7, 11) is 0. The standard InChI is InChI=1S/C7H11N2O2.C4H9.U/c10-5-9-3-6-1-8-2-7(4-9)11-6;1-4(2)3;/h6-8H,1-4H2;1-3H3;/q2*-1;+2. The molecule has 1 amide bonds. The van der Waals surface area contributed by atoms with Crippen LogP contribution in [0.15, 0.2) is 0 Å². The van der Waals surface area contributed by atoms with Gasteiger partial charge in [0.05, 0.1) is 12.2 Å². The summed E-state index contributed by atoms with van der Waals surface area (Å²) in [6, 6.07) is 0. The number of nitrogens with zero attached hydrogens (tertiary/aromatic N) is 1. The molecule has 2 aliphatic rings. The van der Waals surface area contributed by atoms with Crippen LogP contribution < -0.4 is 5.32 Å². The molecule has 2 saturated heterocycles. The Morgan fingerprint density at radius 3 is 2.06 bits per heavy atom. The molecular weight excluding hydrogens is 430 g/mol. The summed E-state index contributed by atoms with van der Waals surface area (Å²) in [5.41, 5.74) is 0. The first-order chi connectivity index (χ1) is 7.11. The van der Waals surface area contributed by atoms with Crippen LogP contribution >= 0.6 is 0 Å². The maximum absolute atomic E-state index is 10.3. The largest absolute Gasteiger partial charge is 2.00 e. The second-order valence-corrected chi connectivity index (χ2v) is 4.53. The van der Waals surface area contributed by atoms with E-state index in [1.165, 1.54) is 5.92 Å². The molecule has 90 valence electrons. The van der Waals surface area contributed by atoms with Crippen LogP contribution in [0.5, 0.6) is 0 Å². The number of fused-ring (bicyclic) bond motifs is 2. The summed E-state index contributed by atoms with van der Waals surface area (Å²) in [5, 5.41) is 3.25. The van der Waals surface area contributed by atoms with E-state index in [2.05, 4.69) is 26.1 Å². The van der Waals surface area contributed by atoms with Crippen LogP contribution in [0.25, 0.3) is 0 Å². The van der Waals surface area contributed by atoms with Gasteiger partial charge < -0.3 is 25.7 Å². The van der Waals surface area contributed by atoms with E-state index in [1.54, 1.807) is 4.90 Å². The molecule has 2 heterocycles. The fourth-order valence-electron chi connectivity index (χ4n) is 1.63. The molecule has 2 unspecified atom stereocenters. The number of ether oxygens (including phenoxy) is 1. The third-order valence-corrected chi connectivity index (χ3v) is 2.11. The van der Waals surface area contributed by atoms with Crippen LogP contribution in [0.3, 0.4) is 0 Å². The van der Waals surface area contributed by atoms with Gasteiger partial charge in [-0.25, -0.2) is 0 Å². The molecule has 0 saturated carbocycles. The van der Waals surface area contributed by atoms with Crippen molar-refractivity contribution in [1.82, 2.24) is 10.2 Å². The Morgan fingerprint density at radius 2 is 1.69 bits per heavy atom. The molecule has 0 spiro atoms. The zero-order chi connectivity index (χ0) is 11.3. The van der Waals surface area contributed by atoms with Gasteiger partial charge >= 0.3 is 31.1 Å². The molecule has 2 rings (SSSR count). The molecule has 0 aliphatic carbocycles. The fraction of sp³-hybridized carbons (Fsp3) is 0.818. The van der Waals surface area contributed by atoms with Gasteiger partial charge in [-0.05, 0) is 0 Å². The van der Waals surface area contributed by atoms with Crippen LogP contribution in [-0.2, 0) is 9.53 Å².